The fourth-order valence-corrected chi connectivity index (χ4v) is 4.18. The summed E-state index contributed by atoms with van der Waals surface area (Å²) in [6.07, 6.45) is 6.60. The fraction of sp³-hybridized carbons (Fsp3) is 0.571. The maximum atomic E-state index is 13.0. The van der Waals surface area contributed by atoms with E-state index < -0.39 is 5.76 Å². The number of benzene rings is 1. The van der Waals surface area contributed by atoms with Gasteiger partial charge in [0.05, 0.1) is 11.8 Å². The van der Waals surface area contributed by atoms with Crippen molar-refractivity contribution in [2.75, 3.05) is 19.6 Å². The zero-order chi connectivity index (χ0) is 20.9. The minimum Gasteiger partial charge on any atom is -0.869 e. The van der Waals surface area contributed by atoms with Gasteiger partial charge >= 0.3 is 51.4 Å². The van der Waals surface area contributed by atoms with E-state index in [0.29, 0.717) is 18.3 Å². The zero-order valence-corrected chi connectivity index (χ0v) is 20.8. The average Bonchev–Trinajstić information content (AvgIpc) is 2.74. The number of hydrogen-bond acceptors (Lipinski definition) is 6. The number of nitrogens with two attached hydrogens (primary N) is 2. The number of likely N-dealkylation sites (tertiary alicyclic amines) is 1. The number of aliphatic hydroxyl groups is 1. The first-order valence-electron chi connectivity index (χ1n) is 10.3. The number of nitrogens with one attached hydrogen (secondary N) is 1. The van der Waals surface area contributed by atoms with E-state index in [9.17, 15) is 14.6 Å². The van der Waals surface area contributed by atoms with Crippen LogP contribution in [0, 0.1) is 5.82 Å². The van der Waals surface area contributed by atoms with Crippen molar-refractivity contribution < 1.29 is 66.0 Å². The predicted molar refractivity (Wildman–Crippen MR) is 110 cm³/mol. The summed E-state index contributed by atoms with van der Waals surface area (Å²) >= 11 is 0. The Kier molecular flexibility index (Phi) is 10.2. The summed E-state index contributed by atoms with van der Waals surface area (Å²) in [5.74, 6) is -0.950. The van der Waals surface area contributed by atoms with Gasteiger partial charge < -0.3 is 31.9 Å². The van der Waals surface area contributed by atoms with Crippen LogP contribution in [-0.2, 0) is 0 Å². The maximum Gasteiger partial charge on any atom is 1.00 e. The van der Waals surface area contributed by atoms with Gasteiger partial charge in [0.25, 0.3) is 0 Å². The Balaban J connectivity index is 0.00000320. The second kappa shape index (κ2) is 11.9. The SMILES string of the molecule is NCC1(N/C=C(/[O-])C(N)=Nc2ccc(F)cc2)CCC(N2CCC(O)CC2)CC1.[K+]. The zero-order valence-electron chi connectivity index (χ0n) is 17.7. The Labute approximate surface area is 220 Å². The van der Waals surface area contributed by atoms with Crippen molar-refractivity contribution in [1.29, 1.82) is 0 Å². The van der Waals surface area contributed by atoms with Gasteiger partial charge in [0.1, 0.15) is 11.7 Å². The molecule has 0 bridgehead atoms. The molecule has 2 aliphatic rings. The van der Waals surface area contributed by atoms with Crippen molar-refractivity contribution in [2.24, 2.45) is 16.5 Å². The molecule has 0 spiro atoms. The Morgan fingerprint density at radius 3 is 2.40 bits per heavy atom. The molecular formula is C21H31FKN5O2. The minimum absolute atomic E-state index is 0. The van der Waals surface area contributed by atoms with Crippen LogP contribution in [0.25, 0.3) is 0 Å². The number of hydrogen-bond donors (Lipinski definition) is 4. The third-order valence-corrected chi connectivity index (χ3v) is 6.16. The molecule has 0 aromatic heterocycles. The summed E-state index contributed by atoms with van der Waals surface area (Å²) in [5.41, 5.74) is 11.9. The number of halogens is 1. The number of rotatable bonds is 6. The molecule has 2 fully saturated rings. The fourth-order valence-electron chi connectivity index (χ4n) is 4.18. The van der Waals surface area contributed by atoms with Gasteiger partial charge in [0.15, 0.2) is 0 Å². The van der Waals surface area contributed by atoms with E-state index in [4.69, 9.17) is 11.5 Å². The molecule has 0 radical (unpaired) electrons. The van der Waals surface area contributed by atoms with Gasteiger partial charge in [0, 0.05) is 31.2 Å². The molecule has 0 atom stereocenters. The average molecular weight is 444 g/mol. The quantitative estimate of drug-likeness (QED) is 0.170. The van der Waals surface area contributed by atoms with Crippen molar-refractivity contribution in [3.63, 3.8) is 0 Å². The minimum atomic E-state index is -0.422. The van der Waals surface area contributed by atoms with Crippen LogP contribution in [0.5, 0.6) is 0 Å². The third kappa shape index (κ3) is 6.99. The maximum absolute atomic E-state index is 13.0. The van der Waals surface area contributed by atoms with Crippen LogP contribution in [-0.4, -0.2) is 53.2 Å². The molecule has 160 valence electrons. The number of aliphatic imine (C=N–C) groups is 1. The molecule has 0 amide bonds. The molecule has 9 heteroatoms. The van der Waals surface area contributed by atoms with Gasteiger partial charge in [0.2, 0.25) is 0 Å². The van der Waals surface area contributed by atoms with Crippen LogP contribution in [0.15, 0.2) is 41.2 Å². The van der Waals surface area contributed by atoms with E-state index in [2.05, 4.69) is 15.2 Å². The van der Waals surface area contributed by atoms with Crippen LogP contribution >= 0.6 is 0 Å². The summed E-state index contributed by atoms with van der Waals surface area (Å²) in [5, 5.41) is 25.2. The predicted octanol–water partition coefficient (Wildman–Crippen LogP) is -2.29. The molecule has 1 aliphatic carbocycles. The first-order chi connectivity index (χ1) is 13.9. The standard InChI is InChI=1S/C21H32FN5O2.K/c22-15-1-3-16(4-2-15)26-20(24)19(29)13-25-21(14-23)9-5-17(6-10-21)27-11-7-18(28)8-12-27;/h1-4,13,17-18,25,28-29H,5-12,14,23H2,(H2,24,26);/q;+1/p-1/b19-13+;. The van der Waals surface area contributed by atoms with Crippen molar-refractivity contribution in [3.05, 3.63) is 42.0 Å². The molecule has 1 heterocycles. The van der Waals surface area contributed by atoms with E-state index in [1.807, 2.05) is 0 Å². The molecule has 6 N–H and O–H groups in total. The number of amidine groups is 1. The van der Waals surface area contributed by atoms with Gasteiger partial charge in [-0.05, 0) is 74.7 Å². The van der Waals surface area contributed by atoms with Crippen LogP contribution in [0.1, 0.15) is 38.5 Å². The van der Waals surface area contributed by atoms with Gasteiger partial charge in [-0.15, -0.1) is 0 Å². The third-order valence-electron chi connectivity index (χ3n) is 6.16. The van der Waals surface area contributed by atoms with E-state index in [1.54, 1.807) is 0 Å². The molecule has 3 rings (SSSR count). The second-order valence-corrected chi connectivity index (χ2v) is 8.11. The summed E-state index contributed by atoms with van der Waals surface area (Å²) < 4.78 is 13.0. The van der Waals surface area contributed by atoms with E-state index in [1.165, 1.54) is 30.5 Å². The molecule has 1 aliphatic heterocycles. The van der Waals surface area contributed by atoms with Crippen LogP contribution in [0.3, 0.4) is 0 Å². The molecule has 1 saturated carbocycles. The monoisotopic (exact) mass is 443 g/mol. The molecule has 0 unspecified atom stereocenters. The first kappa shape index (κ1) is 25.7. The topological polar surface area (TPSA) is 123 Å². The van der Waals surface area contributed by atoms with Crippen LogP contribution in [0.2, 0.25) is 0 Å². The van der Waals surface area contributed by atoms with Crippen LogP contribution < -0.4 is 73.3 Å². The molecule has 1 saturated heterocycles. The Bertz CT molecular complexity index is 727. The molecule has 1 aromatic rings. The molecule has 7 nitrogen and oxygen atoms in total. The van der Waals surface area contributed by atoms with Crippen molar-refractivity contribution in [1.82, 2.24) is 10.2 Å². The normalized spacial score (nSPS) is 26.8. The van der Waals surface area contributed by atoms with E-state index in [-0.39, 0.29) is 74.7 Å². The van der Waals surface area contributed by atoms with E-state index >= 15 is 0 Å². The second-order valence-electron chi connectivity index (χ2n) is 8.11. The number of nitrogens with zero attached hydrogens (tertiary/aromatic N) is 2. The molecule has 1 aromatic carbocycles. The molecule has 30 heavy (non-hydrogen) atoms. The summed E-state index contributed by atoms with van der Waals surface area (Å²) in [6.45, 7) is 2.31. The molecular weight excluding hydrogens is 412 g/mol. The van der Waals surface area contributed by atoms with Gasteiger partial charge in [-0.25, -0.2) is 9.38 Å². The first-order valence-corrected chi connectivity index (χ1v) is 10.3. The Morgan fingerprint density at radius 2 is 1.83 bits per heavy atom. The Morgan fingerprint density at radius 1 is 1.23 bits per heavy atom. The summed E-state index contributed by atoms with van der Waals surface area (Å²) in [6, 6.07) is 5.97. The van der Waals surface area contributed by atoms with Crippen molar-refractivity contribution >= 4 is 11.5 Å². The van der Waals surface area contributed by atoms with Gasteiger partial charge in [-0.2, -0.15) is 0 Å². The van der Waals surface area contributed by atoms with Crippen LogP contribution in [0.4, 0.5) is 10.1 Å². The van der Waals surface area contributed by atoms with E-state index in [0.717, 1.165) is 51.6 Å². The van der Waals surface area contributed by atoms with Crippen molar-refractivity contribution in [3.8, 4) is 0 Å². The van der Waals surface area contributed by atoms with Crippen molar-refractivity contribution in [2.45, 2.75) is 56.2 Å². The number of piperidine rings is 1. The van der Waals surface area contributed by atoms with Gasteiger partial charge in [-0.1, -0.05) is 0 Å². The summed E-state index contributed by atoms with van der Waals surface area (Å²) in [4.78, 5) is 6.51. The number of aliphatic hydroxyl groups excluding tert-OH is 1. The summed E-state index contributed by atoms with van der Waals surface area (Å²) in [7, 11) is 0. The largest absolute Gasteiger partial charge is 1.00 e. The smallest absolute Gasteiger partial charge is 0.869 e. The van der Waals surface area contributed by atoms with Gasteiger partial charge in [-0.3, -0.25) is 0 Å². The Hall–Kier alpha value is -0.524.